The minimum Gasteiger partial charge on any atom is -0.324 e. The van der Waals surface area contributed by atoms with Crippen molar-refractivity contribution >= 4 is 5.91 Å². The highest BCUT2D eigenvalue weighted by Crippen LogP contribution is 2.51. The third-order valence-electron chi connectivity index (χ3n) is 8.40. The fourth-order valence-electron chi connectivity index (χ4n) is 6.97. The van der Waals surface area contributed by atoms with Crippen molar-refractivity contribution in [3.05, 3.63) is 71.3 Å². The molecule has 0 N–H and O–H groups in total. The van der Waals surface area contributed by atoms with E-state index in [4.69, 9.17) is 0 Å². The summed E-state index contributed by atoms with van der Waals surface area (Å²) in [6.07, 6.45) is 7.92. The summed E-state index contributed by atoms with van der Waals surface area (Å²) in [5, 5.41) is 0. The van der Waals surface area contributed by atoms with Gasteiger partial charge < -0.3 is 4.90 Å². The topological polar surface area (TPSA) is 23.6 Å². The maximum Gasteiger partial charge on any atom is 0.255 e. The first-order valence-electron chi connectivity index (χ1n) is 11.4. The van der Waals surface area contributed by atoms with E-state index in [0.29, 0.717) is 6.54 Å². The largest absolute Gasteiger partial charge is 0.324 e. The molecule has 0 aromatic heterocycles. The van der Waals surface area contributed by atoms with Crippen LogP contribution in [0.25, 0.3) is 0 Å². The number of likely N-dealkylation sites (tertiary alicyclic amines) is 1. The summed E-state index contributed by atoms with van der Waals surface area (Å²) in [5.74, 6) is 2.15. The van der Waals surface area contributed by atoms with Gasteiger partial charge in [0.2, 0.25) is 0 Å². The molecule has 6 rings (SSSR count). The van der Waals surface area contributed by atoms with Crippen LogP contribution in [0.3, 0.4) is 0 Å². The third-order valence-corrected chi connectivity index (χ3v) is 8.40. The number of piperidine rings is 1. The summed E-state index contributed by atoms with van der Waals surface area (Å²) >= 11 is 0. The van der Waals surface area contributed by atoms with Crippen molar-refractivity contribution in [2.45, 2.75) is 56.7 Å². The monoisotopic (exact) mass is 386 g/mol. The SMILES string of the molecule is O=C1c2ccccc2C2(CCN([C@@H]3C[C@H]4CC[C@@H]3C4)CC2)N1Cc1ccccc1. The fourth-order valence-corrected chi connectivity index (χ4v) is 6.97. The Bertz CT molecular complexity index is 915. The lowest BCUT2D eigenvalue weighted by Gasteiger charge is -2.48. The lowest BCUT2D eigenvalue weighted by Crippen LogP contribution is -2.53. The van der Waals surface area contributed by atoms with Gasteiger partial charge in [0.15, 0.2) is 0 Å². The first-order chi connectivity index (χ1) is 14.2. The van der Waals surface area contributed by atoms with Gasteiger partial charge in [0.05, 0.1) is 5.54 Å². The van der Waals surface area contributed by atoms with Gasteiger partial charge in [-0.05, 0) is 61.1 Å². The van der Waals surface area contributed by atoms with E-state index < -0.39 is 0 Å². The number of benzene rings is 2. The zero-order chi connectivity index (χ0) is 19.4. The van der Waals surface area contributed by atoms with Gasteiger partial charge in [-0.2, -0.15) is 0 Å². The number of fused-ring (bicyclic) bond motifs is 4. The summed E-state index contributed by atoms with van der Waals surface area (Å²) in [4.78, 5) is 18.4. The predicted octanol–water partition coefficient (Wildman–Crippen LogP) is 4.82. The van der Waals surface area contributed by atoms with Crippen LogP contribution in [0.5, 0.6) is 0 Å². The molecule has 2 aromatic carbocycles. The molecule has 29 heavy (non-hydrogen) atoms. The Morgan fingerprint density at radius 3 is 2.38 bits per heavy atom. The van der Waals surface area contributed by atoms with Crippen LogP contribution >= 0.6 is 0 Å². The smallest absolute Gasteiger partial charge is 0.255 e. The molecule has 3 nitrogen and oxygen atoms in total. The maximum absolute atomic E-state index is 13.4. The summed E-state index contributed by atoms with van der Waals surface area (Å²) in [7, 11) is 0. The standard InChI is InChI=1S/C26H30N2O/c29-25-22-8-4-5-9-23(22)26(28(25)18-19-6-2-1-3-7-19)12-14-27(15-13-26)24-17-20-10-11-21(24)16-20/h1-9,20-21,24H,10-18H2/t20-,21+,24+/m0/s1. The average molecular weight is 387 g/mol. The number of carbonyl (C=O) groups excluding carboxylic acids is 1. The minimum atomic E-state index is -0.127. The first-order valence-corrected chi connectivity index (χ1v) is 11.4. The van der Waals surface area contributed by atoms with Crippen molar-refractivity contribution in [3.63, 3.8) is 0 Å². The van der Waals surface area contributed by atoms with Crippen LogP contribution in [0.2, 0.25) is 0 Å². The van der Waals surface area contributed by atoms with E-state index in [1.165, 1.54) is 36.8 Å². The number of hydrogen-bond acceptors (Lipinski definition) is 2. The second kappa shape index (κ2) is 6.70. The van der Waals surface area contributed by atoms with Crippen LogP contribution in [0, 0.1) is 11.8 Å². The van der Waals surface area contributed by atoms with Crippen LogP contribution in [0.4, 0.5) is 0 Å². The molecular formula is C26H30N2O. The highest BCUT2D eigenvalue weighted by atomic mass is 16.2. The van der Waals surface area contributed by atoms with Crippen LogP contribution in [-0.2, 0) is 12.1 Å². The van der Waals surface area contributed by atoms with Crippen molar-refractivity contribution in [3.8, 4) is 0 Å². The van der Waals surface area contributed by atoms with Gasteiger partial charge >= 0.3 is 0 Å². The van der Waals surface area contributed by atoms with E-state index >= 15 is 0 Å². The highest BCUT2D eigenvalue weighted by Gasteiger charge is 2.52. The van der Waals surface area contributed by atoms with Gasteiger partial charge in [0.25, 0.3) is 5.91 Å². The normalized spacial score (nSPS) is 30.3. The molecule has 1 spiro atoms. The molecule has 2 aliphatic heterocycles. The van der Waals surface area contributed by atoms with Crippen molar-refractivity contribution in [2.24, 2.45) is 11.8 Å². The second-order valence-electron chi connectivity index (χ2n) is 9.73. The molecule has 2 bridgehead atoms. The molecule has 1 saturated heterocycles. The molecular weight excluding hydrogens is 356 g/mol. The lowest BCUT2D eigenvalue weighted by atomic mass is 9.79. The van der Waals surface area contributed by atoms with Crippen molar-refractivity contribution in [1.29, 1.82) is 0 Å². The molecule has 2 aliphatic carbocycles. The highest BCUT2D eigenvalue weighted by molar-refractivity contribution is 6.00. The van der Waals surface area contributed by atoms with Gasteiger partial charge in [-0.1, -0.05) is 55.0 Å². The lowest BCUT2D eigenvalue weighted by molar-refractivity contribution is 0.00686. The van der Waals surface area contributed by atoms with Crippen LogP contribution in [0.15, 0.2) is 54.6 Å². The first kappa shape index (κ1) is 17.7. The van der Waals surface area contributed by atoms with Gasteiger partial charge in [-0.3, -0.25) is 9.69 Å². The molecule has 3 atom stereocenters. The molecule has 1 amide bonds. The molecule has 3 fully saturated rings. The molecule has 0 unspecified atom stereocenters. The molecule has 150 valence electrons. The second-order valence-corrected chi connectivity index (χ2v) is 9.73. The molecule has 2 saturated carbocycles. The summed E-state index contributed by atoms with van der Waals surface area (Å²) in [6, 6.07) is 19.7. The van der Waals surface area contributed by atoms with Crippen molar-refractivity contribution in [2.75, 3.05) is 13.1 Å². The van der Waals surface area contributed by atoms with E-state index in [1.807, 2.05) is 18.2 Å². The molecule has 2 aromatic rings. The molecule has 4 aliphatic rings. The summed E-state index contributed by atoms with van der Waals surface area (Å²) in [5.41, 5.74) is 3.30. The average Bonchev–Trinajstić information content (AvgIpc) is 3.46. The number of carbonyl (C=O) groups is 1. The Balaban J connectivity index is 1.30. The van der Waals surface area contributed by atoms with E-state index in [0.717, 1.165) is 49.4 Å². The predicted molar refractivity (Wildman–Crippen MR) is 114 cm³/mol. The van der Waals surface area contributed by atoms with Gasteiger partial charge in [-0.15, -0.1) is 0 Å². The zero-order valence-electron chi connectivity index (χ0n) is 17.1. The number of hydrogen-bond donors (Lipinski definition) is 0. The van der Waals surface area contributed by atoms with E-state index in [-0.39, 0.29) is 11.4 Å². The Morgan fingerprint density at radius 2 is 1.66 bits per heavy atom. The van der Waals surface area contributed by atoms with Gasteiger partial charge in [-0.25, -0.2) is 0 Å². The number of rotatable bonds is 3. The van der Waals surface area contributed by atoms with Crippen LogP contribution < -0.4 is 0 Å². The summed E-state index contributed by atoms with van der Waals surface area (Å²) in [6.45, 7) is 2.96. The van der Waals surface area contributed by atoms with Gasteiger partial charge in [0.1, 0.15) is 0 Å². The Labute approximate surface area is 173 Å². The Morgan fingerprint density at radius 1 is 0.897 bits per heavy atom. The third kappa shape index (κ3) is 2.70. The van der Waals surface area contributed by atoms with E-state index in [1.54, 1.807) is 0 Å². The maximum atomic E-state index is 13.4. The Hall–Kier alpha value is -2.13. The molecule has 0 radical (unpaired) electrons. The van der Waals surface area contributed by atoms with Crippen molar-refractivity contribution < 1.29 is 4.79 Å². The fraction of sp³-hybridized carbons (Fsp3) is 0.500. The van der Waals surface area contributed by atoms with Gasteiger partial charge in [0, 0.05) is 31.2 Å². The Kier molecular flexibility index (Phi) is 4.09. The van der Waals surface area contributed by atoms with Crippen LogP contribution in [0.1, 0.15) is 60.0 Å². The van der Waals surface area contributed by atoms with Crippen LogP contribution in [-0.4, -0.2) is 34.8 Å². The zero-order valence-corrected chi connectivity index (χ0v) is 17.1. The minimum absolute atomic E-state index is 0.127. The van der Waals surface area contributed by atoms with E-state index in [2.05, 4.69) is 46.2 Å². The molecule has 2 heterocycles. The summed E-state index contributed by atoms with van der Waals surface area (Å²) < 4.78 is 0. The molecule has 3 heteroatoms. The number of nitrogens with zero attached hydrogens (tertiary/aromatic N) is 2. The van der Waals surface area contributed by atoms with Crippen molar-refractivity contribution in [1.82, 2.24) is 9.80 Å². The quantitative estimate of drug-likeness (QED) is 0.755. The van der Waals surface area contributed by atoms with E-state index in [9.17, 15) is 4.79 Å². The number of amides is 1.